The van der Waals surface area contributed by atoms with Crippen LogP contribution in [0.2, 0.25) is 0 Å². The predicted octanol–water partition coefficient (Wildman–Crippen LogP) is 2.58. The number of Topliss-reactive ketones (excluding diaryl/α,β-unsaturated/α-hetero) is 1. The Labute approximate surface area is 131 Å². The number of nitrogens with two attached hydrogens (primary N) is 1. The number of carbonyl (C=O) groups is 2. The van der Waals surface area contributed by atoms with Crippen LogP contribution >= 0.6 is 0 Å². The topological polar surface area (TPSA) is 89.6 Å². The molecule has 0 heterocycles. The minimum atomic E-state index is -1.20. The van der Waals surface area contributed by atoms with Crippen LogP contribution < -0.4 is 5.73 Å². The van der Waals surface area contributed by atoms with Crippen molar-refractivity contribution in [2.75, 3.05) is 6.61 Å². The molecule has 5 nitrogen and oxygen atoms in total. The summed E-state index contributed by atoms with van der Waals surface area (Å²) in [5, 5.41) is 9.15. The Hall–Kier alpha value is -1.88. The minimum absolute atomic E-state index is 0.116. The van der Waals surface area contributed by atoms with Crippen LogP contribution in [-0.4, -0.2) is 29.5 Å². The first-order chi connectivity index (χ1) is 10.2. The number of carboxylic acids is 1. The van der Waals surface area contributed by atoms with Gasteiger partial charge in [-0.3, -0.25) is 4.79 Å². The van der Waals surface area contributed by atoms with E-state index in [0.29, 0.717) is 29.9 Å². The average molecular weight is 307 g/mol. The van der Waals surface area contributed by atoms with Crippen molar-refractivity contribution in [1.82, 2.24) is 0 Å². The van der Waals surface area contributed by atoms with Crippen LogP contribution in [0.25, 0.3) is 0 Å². The van der Waals surface area contributed by atoms with Gasteiger partial charge in [-0.05, 0) is 51.2 Å². The number of rotatable bonds is 6. The summed E-state index contributed by atoms with van der Waals surface area (Å²) >= 11 is 0. The van der Waals surface area contributed by atoms with Gasteiger partial charge in [0.1, 0.15) is 17.9 Å². The molecule has 1 aliphatic carbocycles. The maximum absolute atomic E-state index is 12.5. The van der Waals surface area contributed by atoms with E-state index < -0.39 is 11.8 Å². The van der Waals surface area contributed by atoms with E-state index in [1.807, 2.05) is 20.8 Å². The number of hydrogen-bond acceptors (Lipinski definition) is 4. The van der Waals surface area contributed by atoms with Crippen molar-refractivity contribution in [2.45, 2.75) is 47.1 Å². The Balaban J connectivity index is 3.24. The maximum Gasteiger partial charge on any atom is 0.339 e. The molecule has 1 rings (SSSR count). The third-order valence-corrected chi connectivity index (χ3v) is 3.93. The second-order valence-corrected chi connectivity index (χ2v) is 5.85. The lowest BCUT2D eigenvalue weighted by Gasteiger charge is -2.27. The van der Waals surface area contributed by atoms with Crippen molar-refractivity contribution in [1.29, 1.82) is 0 Å². The van der Waals surface area contributed by atoms with Crippen molar-refractivity contribution in [2.24, 2.45) is 11.7 Å². The highest BCUT2D eigenvalue weighted by Gasteiger charge is 2.30. The van der Waals surface area contributed by atoms with Crippen LogP contribution in [0.5, 0.6) is 0 Å². The summed E-state index contributed by atoms with van der Waals surface area (Å²) in [5.41, 5.74) is 7.80. The van der Waals surface area contributed by atoms with E-state index in [0.717, 1.165) is 5.57 Å². The molecule has 22 heavy (non-hydrogen) atoms. The maximum atomic E-state index is 12.5. The Kier molecular flexibility index (Phi) is 6.11. The van der Waals surface area contributed by atoms with Gasteiger partial charge in [0, 0.05) is 11.6 Å². The standard InChI is InChI=1S/C17H25NO4/c1-6-13(17(20)21)15(19)14-7-9(2)11(4)16(12(14)5)22-8-10(3)18/h6,9-10H,7-8,18H2,1-5H3,(H,20,21)/b13-6+. The van der Waals surface area contributed by atoms with E-state index in [2.05, 4.69) is 0 Å². The quantitative estimate of drug-likeness (QED) is 0.447. The number of carbonyl (C=O) groups excluding carboxylic acids is 1. The Bertz CT molecular complexity index is 567. The molecule has 122 valence electrons. The van der Waals surface area contributed by atoms with Crippen LogP contribution in [-0.2, 0) is 14.3 Å². The van der Waals surface area contributed by atoms with Crippen molar-refractivity contribution in [3.8, 4) is 0 Å². The normalized spacial score (nSPS) is 21.0. The van der Waals surface area contributed by atoms with E-state index in [1.165, 1.54) is 6.08 Å². The molecular formula is C17H25NO4. The zero-order valence-corrected chi connectivity index (χ0v) is 13.9. The molecule has 0 radical (unpaired) electrons. The summed E-state index contributed by atoms with van der Waals surface area (Å²) in [7, 11) is 0. The second-order valence-electron chi connectivity index (χ2n) is 5.85. The number of aliphatic carboxylic acids is 1. The lowest BCUT2D eigenvalue weighted by atomic mass is 9.81. The first-order valence-corrected chi connectivity index (χ1v) is 7.44. The number of ether oxygens (including phenoxy) is 1. The molecule has 0 saturated heterocycles. The summed E-state index contributed by atoms with van der Waals surface area (Å²) in [6.45, 7) is 9.52. The van der Waals surface area contributed by atoms with Gasteiger partial charge >= 0.3 is 5.97 Å². The average Bonchev–Trinajstić information content (AvgIpc) is 2.42. The van der Waals surface area contributed by atoms with Gasteiger partial charge in [-0.15, -0.1) is 0 Å². The van der Waals surface area contributed by atoms with Gasteiger partial charge in [0.15, 0.2) is 5.78 Å². The lowest BCUT2D eigenvalue weighted by Crippen LogP contribution is -2.25. The van der Waals surface area contributed by atoms with Gasteiger partial charge in [0.25, 0.3) is 0 Å². The van der Waals surface area contributed by atoms with E-state index in [9.17, 15) is 9.59 Å². The molecule has 0 amide bonds. The molecular weight excluding hydrogens is 282 g/mol. The Morgan fingerprint density at radius 1 is 1.45 bits per heavy atom. The first-order valence-electron chi connectivity index (χ1n) is 7.44. The smallest absolute Gasteiger partial charge is 0.339 e. The molecule has 3 N–H and O–H groups in total. The van der Waals surface area contributed by atoms with Crippen LogP contribution in [0.15, 0.2) is 34.1 Å². The summed E-state index contributed by atoms with van der Waals surface area (Å²) in [4.78, 5) is 23.7. The summed E-state index contributed by atoms with van der Waals surface area (Å²) in [5.74, 6) is -0.851. The predicted molar refractivity (Wildman–Crippen MR) is 85.2 cm³/mol. The van der Waals surface area contributed by atoms with Crippen molar-refractivity contribution in [3.05, 3.63) is 34.1 Å². The third kappa shape index (κ3) is 3.85. The molecule has 0 aromatic heterocycles. The number of carboxylic acid groups (broad SMARTS) is 1. The van der Waals surface area contributed by atoms with Crippen LogP contribution in [0.3, 0.4) is 0 Å². The van der Waals surface area contributed by atoms with Gasteiger partial charge in [-0.25, -0.2) is 4.79 Å². The van der Waals surface area contributed by atoms with Crippen LogP contribution in [0.1, 0.15) is 41.0 Å². The highest BCUT2D eigenvalue weighted by Crippen LogP contribution is 2.36. The number of hydrogen-bond donors (Lipinski definition) is 2. The first kappa shape index (κ1) is 18.2. The molecule has 1 aliphatic rings. The van der Waals surface area contributed by atoms with E-state index >= 15 is 0 Å². The van der Waals surface area contributed by atoms with E-state index in [4.69, 9.17) is 15.6 Å². The molecule has 0 aromatic carbocycles. The second kappa shape index (κ2) is 7.40. The van der Waals surface area contributed by atoms with Gasteiger partial charge in [0.05, 0.1) is 0 Å². The molecule has 0 bridgehead atoms. The third-order valence-electron chi connectivity index (χ3n) is 3.93. The number of ketones is 1. The molecule has 0 aliphatic heterocycles. The van der Waals surface area contributed by atoms with E-state index in [1.54, 1.807) is 13.8 Å². The van der Waals surface area contributed by atoms with Gasteiger partial charge < -0.3 is 15.6 Å². The molecule has 2 unspecified atom stereocenters. The van der Waals surface area contributed by atoms with Gasteiger partial charge in [0.2, 0.25) is 0 Å². The highest BCUT2D eigenvalue weighted by molar-refractivity contribution is 6.23. The fourth-order valence-electron chi connectivity index (χ4n) is 2.48. The summed E-state index contributed by atoms with van der Waals surface area (Å²) < 4.78 is 5.77. The Morgan fingerprint density at radius 3 is 2.50 bits per heavy atom. The molecule has 0 fully saturated rings. The largest absolute Gasteiger partial charge is 0.492 e. The number of allylic oxidation sites excluding steroid dienone is 4. The lowest BCUT2D eigenvalue weighted by molar-refractivity contribution is -0.134. The monoisotopic (exact) mass is 307 g/mol. The fourth-order valence-corrected chi connectivity index (χ4v) is 2.48. The minimum Gasteiger partial charge on any atom is -0.492 e. The van der Waals surface area contributed by atoms with Gasteiger partial charge in [-0.2, -0.15) is 0 Å². The highest BCUT2D eigenvalue weighted by atomic mass is 16.5. The fraction of sp³-hybridized carbons (Fsp3) is 0.529. The van der Waals surface area contributed by atoms with Gasteiger partial charge in [-0.1, -0.05) is 13.0 Å². The van der Waals surface area contributed by atoms with Crippen LogP contribution in [0.4, 0.5) is 0 Å². The van der Waals surface area contributed by atoms with Crippen molar-refractivity contribution in [3.63, 3.8) is 0 Å². The van der Waals surface area contributed by atoms with Crippen molar-refractivity contribution >= 4 is 11.8 Å². The summed E-state index contributed by atoms with van der Waals surface area (Å²) in [6, 6.07) is -0.116. The SMILES string of the molecule is C/C=C(/C(=O)O)C(=O)C1=C(C)C(OCC(C)N)=C(C)C(C)C1. The molecule has 0 spiro atoms. The molecule has 5 heteroatoms. The molecule has 0 saturated carbocycles. The molecule has 2 atom stereocenters. The van der Waals surface area contributed by atoms with E-state index in [-0.39, 0.29) is 17.5 Å². The Morgan fingerprint density at radius 2 is 2.05 bits per heavy atom. The van der Waals surface area contributed by atoms with Crippen molar-refractivity contribution < 1.29 is 19.4 Å². The van der Waals surface area contributed by atoms with Crippen LogP contribution in [0, 0.1) is 5.92 Å². The zero-order chi connectivity index (χ0) is 17.0. The zero-order valence-electron chi connectivity index (χ0n) is 13.9. The summed E-state index contributed by atoms with van der Waals surface area (Å²) in [6.07, 6.45) is 1.86. The molecule has 0 aromatic rings.